The van der Waals surface area contributed by atoms with Gasteiger partial charge in [-0.1, -0.05) is 22.0 Å². The van der Waals surface area contributed by atoms with E-state index in [1.807, 2.05) is 30.5 Å². The molecule has 6 heteroatoms. The van der Waals surface area contributed by atoms with E-state index in [-0.39, 0.29) is 0 Å². The molecule has 23 heavy (non-hydrogen) atoms. The number of aryl methyl sites for hydroxylation is 1. The summed E-state index contributed by atoms with van der Waals surface area (Å²) in [6, 6.07) is 12.2. The third kappa shape index (κ3) is 4.00. The molecule has 0 saturated carbocycles. The van der Waals surface area contributed by atoms with Gasteiger partial charge in [-0.25, -0.2) is 4.98 Å². The maximum Gasteiger partial charge on any atom is 0.173 e. The predicted molar refractivity (Wildman–Crippen MR) is 103 cm³/mol. The fourth-order valence-corrected chi connectivity index (χ4v) is 3.15. The lowest BCUT2D eigenvalue weighted by atomic mass is 10.2. The minimum Gasteiger partial charge on any atom is -0.353 e. The number of hydrogen-bond acceptors (Lipinski definition) is 3. The Labute approximate surface area is 150 Å². The molecular weight excluding hydrogens is 372 g/mol. The molecule has 0 amide bonds. The molecular formula is C17H19BrN4S. The Hall–Kier alpha value is -1.66. The van der Waals surface area contributed by atoms with Gasteiger partial charge in [-0.15, -0.1) is 0 Å². The maximum absolute atomic E-state index is 5.56. The maximum atomic E-state index is 5.56. The topological polar surface area (TPSA) is 31.4 Å². The molecule has 0 aliphatic carbocycles. The average molecular weight is 391 g/mol. The minimum absolute atomic E-state index is 0.785. The van der Waals surface area contributed by atoms with Gasteiger partial charge in [0.15, 0.2) is 5.11 Å². The van der Waals surface area contributed by atoms with E-state index in [4.69, 9.17) is 12.2 Å². The minimum atomic E-state index is 0.785. The van der Waals surface area contributed by atoms with E-state index >= 15 is 0 Å². The Morgan fingerprint density at radius 1 is 1.17 bits per heavy atom. The summed E-state index contributed by atoms with van der Waals surface area (Å²) < 4.78 is 1.11. The summed E-state index contributed by atoms with van der Waals surface area (Å²) in [7, 11) is 0. The van der Waals surface area contributed by atoms with Crippen molar-refractivity contribution >= 4 is 44.8 Å². The number of aromatic nitrogens is 1. The van der Waals surface area contributed by atoms with E-state index in [0.717, 1.165) is 47.3 Å². The fraction of sp³-hybridized carbons (Fsp3) is 0.294. The first-order valence-electron chi connectivity index (χ1n) is 7.61. The number of hydrogen-bond donors (Lipinski definition) is 1. The van der Waals surface area contributed by atoms with Crippen molar-refractivity contribution in [1.82, 2.24) is 9.88 Å². The number of pyridine rings is 1. The second-order valence-electron chi connectivity index (χ2n) is 5.56. The number of piperazine rings is 1. The third-order valence-corrected chi connectivity index (χ3v) is 5.20. The fourth-order valence-electron chi connectivity index (χ4n) is 2.60. The second kappa shape index (κ2) is 7.27. The highest BCUT2D eigenvalue weighted by Gasteiger charge is 2.19. The van der Waals surface area contributed by atoms with Crippen molar-refractivity contribution < 1.29 is 0 Å². The average Bonchev–Trinajstić information content (AvgIpc) is 2.59. The molecule has 1 saturated heterocycles. The normalized spacial score (nSPS) is 14.7. The zero-order valence-corrected chi connectivity index (χ0v) is 15.4. The molecule has 2 heterocycles. The Bertz CT molecular complexity index is 684. The highest BCUT2D eigenvalue weighted by Crippen LogP contribution is 2.20. The Balaban J connectivity index is 1.57. The first-order chi connectivity index (χ1) is 11.1. The Morgan fingerprint density at radius 3 is 2.61 bits per heavy atom. The highest BCUT2D eigenvalue weighted by molar-refractivity contribution is 9.10. The Kier molecular flexibility index (Phi) is 5.13. The molecule has 1 aliphatic rings. The number of halogens is 1. The summed E-state index contributed by atoms with van der Waals surface area (Å²) in [5.74, 6) is 1.04. The summed E-state index contributed by atoms with van der Waals surface area (Å²) in [5, 5.41) is 4.12. The van der Waals surface area contributed by atoms with E-state index in [1.165, 1.54) is 5.56 Å². The number of anilines is 2. The van der Waals surface area contributed by atoms with Gasteiger partial charge in [0.25, 0.3) is 0 Å². The first kappa shape index (κ1) is 16.2. The van der Waals surface area contributed by atoms with Gasteiger partial charge in [-0.3, -0.25) is 0 Å². The largest absolute Gasteiger partial charge is 0.353 e. The van der Waals surface area contributed by atoms with Crippen LogP contribution in [0.15, 0.2) is 47.1 Å². The quantitative estimate of drug-likeness (QED) is 0.790. The van der Waals surface area contributed by atoms with Crippen LogP contribution in [0.3, 0.4) is 0 Å². The zero-order chi connectivity index (χ0) is 16.2. The van der Waals surface area contributed by atoms with E-state index in [9.17, 15) is 0 Å². The van der Waals surface area contributed by atoms with Gasteiger partial charge in [0.1, 0.15) is 5.82 Å². The predicted octanol–water partition coefficient (Wildman–Crippen LogP) is 3.67. The van der Waals surface area contributed by atoms with Gasteiger partial charge < -0.3 is 15.1 Å². The molecule has 4 nitrogen and oxygen atoms in total. The Morgan fingerprint density at radius 2 is 1.96 bits per heavy atom. The number of benzene rings is 1. The van der Waals surface area contributed by atoms with Crippen LogP contribution in [0.25, 0.3) is 0 Å². The molecule has 0 atom stereocenters. The van der Waals surface area contributed by atoms with Crippen molar-refractivity contribution in [1.29, 1.82) is 0 Å². The van der Waals surface area contributed by atoms with Crippen LogP contribution in [0.4, 0.5) is 11.5 Å². The lowest BCUT2D eigenvalue weighted by Gasteiger charge is -2.36. The van der Waals surface area contributed by atoms with Gasteiger partial charge in [0.05, 0.1) is 0 Å². The highest BCUT2D eigenvalue weighted by atomic mass is 79.9. The molecule has 1 aliphatic heterocycles. The lowest BCUT2D eigenvalue weighted by molar-refractivity contribution is 0.389. The van der Waals surface area contributed by atoms with Crippen LogP contribution in [0.5, 0.6) is 0 Å². The van der Waals surface area contributed by atoms with Crippen LogP contribution < -0.4 is 10.2 Å². The SMILES string of the molecule is Cc1cc(NC(=S)N2CCN(c3ccccn3)CC2)ccc1Br. The summed E-state index contributed by atoms with van der Waals surface area (Å²) >= 11 is 9.07. The van der Waals surface area contributed by atoms with Crippen LogP contribution in [-0.4, -0.2) is 41.2 Å². The van der Waals surface area contributed by atoms with Gasteiger partial charge in [-0.2, -0.15) is 0 Å². The van der Waals surface area contributed by atoms with Gasteiger partial charge >= 0.3 is 0 Å². The van der Waals surface area contributed by atoms with Crippen molar-refractivity contribution in [2.75, 3.05) is 36.4 Å². The second-order valence-corrected chi connectivity index (χ2v) is 6.80. The van der Waals surface area contributed by atoms with E-state index in [0.29, 0.717) is 0 Å². The number of nitrogens with zero attached hydrogens (tertiary/aromatic N) is 3. The van der Waals surface area contributed by atoms with Gasteiger partial charge in [-0.05, 0) is 55.0 Å². The summed E-state index contributed by atoms with van der Waals surface area (Å²) in [4.78, 5) is 8.92. The van der Waals surface area contributed by atoms with Crippen LogP contribution >= 0.6 is 28.1 Å². The molecule has 1 N–H and O–H groups in total. The molecule has 0 spiro atoms. The summed E-state index contributed by atoms with van der Waals surface area (Å²) in [6.07, 6.45) is 1.84. The number of rotatable bonds is 2. The van der Waals surface area contributed by atoms with Crippen LogP contribution in [0, 0.1) is 6.92 Å². The lowest BCUT2D eigenvalue weighted by Crippen LogP contribution is -2.50. The van der Waals surface area contributed by atoms with Crippen LogP contribution in [-0.2, 0) is 0 Å². The van der Waals surface area contributed by atoms with Crippen molar-refractivity contribution in [2.45, 2.75) is 6.92 Å². The van der Waals surface area contributed by atoms with Crippen molar-refractivity contribution in [3.05, 3.63) is 52.6 Å². The molecule has 0 bridgehead atoms. The monoisotopic (exact) mass is 390 g/mol. The van der Waals surface area contributed by atoms with Gasteiger partial charge in [0, 0.05) is 42.5 Å². The van der Waals surface area contributed by atoms with E-state index in [2.05, 4.69) is 55.1 Å². The van der Waals surface area contributed by atoms with Crippen molar-refractivity contribution in [3.63, 3.8) is 0 Å². The molecule has 0 unspecified atom stereocenters. The van der Waals surface area contributed by atoms with E-state index in [1.54, 1.807) is 0 Å². The standard InChI is InChI=1S/C17H19BrN4S/c1-13-12-14(5-6-15(13)18)20-17(23)22-10-8-21(9-11-22)16-4-2-3-7-19-16/h2-7,12H,8-11H2,1H3,(H,20,23). The summed E-state index contributed by atoms with van der Waals surface area (Å²) in [6.45, 7) is 5.73. The third-order valence-electron chi connectivity index (χ3n) is 3.95. The molecule has 120 valence electrons. The molecule has 1 aromatic carbocycles. The summed E-state index contributed by atoms with van der Waals surface area (Å²) in [5.41, 5.74) is 2.22. The molecule has 3 rings (SSSR count). The van der Waals surface area contributed by atoms with Crippen LogP contribution in [0.2, 0.25) is 0 Å². The first-order valence-corrected chi connectivity index (χ1v) is 8.81. The van der Waals surface area contributed by atoms with Crippen LogP contribution in [0.1, 0.15) is 5.56 Å². The van der Waals surface area contributed by atoms with E-state index < -0.39 is 0 Å². The number of nitrogens with one attached hydrogen (secondary N) is 1. The molecule has 1 aromatic heterocycles. The molecule has 1 fully saturated rings. The van der Waals surface area contributed by atoms with Gasteiger partial charge in [0.2, 0.25) is 0 Å². The molecule has 0 radical (unpaired) electrons. The zero-order valence-electron chi connectivity index (χ0n) is 13.0. The molecule has 2 aromatic rings. The number of thiocarbonyl (C=S) groups is 1. The van der Waals surface area contributed by atoms with Crippen molar-refractivity contribution in [2.24, 2.45) is 0 Å². The smallest absolute Gasteiger partial charge is 0.173 e. The van der Waals surface area contributed by atoms with Crippen molar-refractivity contribution in [3.8, 4) is 0 Å².